The fraction of sp³-hybridized carbons (Fsp3) is 0.529. The van der Waals surface area contributed by atoms with Gasteiger partial charge >= 0.3 is 0 Å². The van der Waals surface area contributed by atoms with Gasteiger partial charge in [-0.1, -0.05) is 53.7 Å². The lowest BCUT2D eigenvalue weighted by molar-refractivity contribution is 0.522. The van der Waals surface area contributed by atoms with Crippen LogP contribution in [0.4, 0.5) is 0 Å². The van der Waals surface area contributed by atoms with Crippen LogP contribution in [0.3, 0.4) is 0 Å². The van der Waals surface area contributed by atoms with Crippen molar-refractivity contribution in [3.05, 3.63) is 40.6 Å². The Morgan fingerprint density at radius 3 is 2.17 bits per heavy atom. The third kappa shape index (κ3) is 2.31. The summed E-state index contributed by atoms with van der Waals surface area (Å²) >= 11 is 0. The van der Waals surface area contributed by atoms with Gasteiger partial charge in [0, 0.05) is 6.54 Å². The van der Waals surface area contributed by atoms with E-state index in [1.54, 1.807) is 0 Å². The van der Waals surface area contributed by atoms with Gasteiger partial charge in [0.1, 0.15) is 0 Å². The summed E-state index contributed by atoms with van der Waals surface area (Å²) in [5, 5.41) is 3.35. The summed E-state index contributed by atoms with van der Waals surface area (Å²) in [6.45, 7) is 14.8. The number of hydrogen-bond acceptors (Lipinski definition) is 1. The van der Waals surface area contributed by atoms with Gasteiger partial charge in [-0.25, -0.2) is 0 Å². The zero-order valence-electron chi connectivity index (χ0n) is 12.5. The SMILES string of the molecule is CC(C)(C)c1ccc2c(c1C(C)(C)C)CNC=C2. The van der Waals surface area contributed by atoms with E-state index in [1.165, 1.54) is 22.3 Å². The average Bonchev–Trinajstić information content (AvgIpc) is 2.24. The molecule has 18 heavy (non-hydrogen) atoms. The summed E-state index contributed by atoms with van der Waals surface area (Å²) in [7, 11) is 0. The quantitative estimate of drug-likeness (QED) is 0.714. The minimum atomic E-state index is 0.181. The molecule has 2 rings (SSSR count). The van der Waals surface area contributed by atoms with Crippen LogP contribution in [-0.4, -0.2) is 0 Å². The smallest absolute Gasteiger partial charge is 0.0404 e. The lowest BCUT2D eigenvalue weighted by atomic mass is 9.72. The van der Waals surface area contributed by atoms with Crippen molar-refractivity contribution < 1.29 is 0 Å². The van der Waals surface area contributed by atoms with Crippen LogP contribution < -0.4 is 5.32 Å². The molecule has 0 bridgehead atoms. The van der Waals surface area contributed by atoms with Crippen molar-refractivity contribution in [3.8, 4) is 0 Å². The minimum Gasteiger partial charge on any atom is -0.387 e. The van der Waals surface area contributed by atoms with Crippen LogP contribution in [0.25, 0.3) is 6.08 Å². The first-order valence-electron chi connectivity index (χ1n) is 6.78. The molecule has 1 aliphatic heterocycles. The summed E-state index contributed by atoms with van der Waals surface area (Å²) in [6, 6.07) is 4.58. The largest absolute Gasteiger partial charge is 0.387 e. The predicted molar refractivity (Wildman–Crippen MR) is 79.7 cm³/mol. The molecule has 1 aromatic rings. The fourth-order valence-corrected chi connectivity index (χ4v) is 2.80. The molecule has 1 heterocycles. The molecule has 0 spiro atoms. The summed E-state index contributed by atoms with van der Waals surface area (Å²) in [6.07, 6.45) is 4.23. The Kier molecular flexibility index (Phi) is 3.04. The molecule has 0 saturated carbocycles. The lowest BCUT2D eigenvalue weighted by Gasteiger charge is -2.34. The Morgan fingerprint density at radius 1 is 0.944 bits per heavy atom. The number of benzene rings is 1. The fourth-order valence-electron chi connectivity index (χ4n) is 2.80. The summed E-state index contributed by atoms with van der Waals surface area (Å²) < 4.78 is 0. The monoisotopic (exact) mass is 243 g/mol. The van der Waals surface area contributed by atoms with Gasteiger partial charge in [0.2, 0.25) is 0 Å². The summed E-state index contributed by atoms with van der Waals surface area (Å²) in [5.74, 6) is 0. The Balaban J connectivity index is 2.74. The van der Waals surface area contributed by atoms with Crippen LogP contribution in [0.15, 0.2) is 18.3 Å². The van der Waals surface area contributed by atoms with E-state index in [9.17, 15) is 0 Å². The molecule has 0 unspecified atom stereocenters. The van der Waals surface area contributed by atoms with E-state index in [0.717, 1.165) is 6.54 Å². The minimum absolute atomic E-state index is 0.181. The Hall–Kier alpha value is -1.24. The highest BCUT2D eigenvalue weighted by molar-refractivity contribution is 5.61. The van der Waals surface area contributed by atoms with Crippen LogP contribution in [0.5, 0.6) is 0 Å². The maximum absolute atomic E-state index is 3.35. The topological polar surface area (TPSA) is 12.0 Å². The van der Waals surface area contributed by atoms with E-state index in [1.807, 2.05) is 6.20 Å². The van der Waals surface area contributed by atoms with Gasteiger partial charge < -0.3 is 5.32 Å². The molecular formula is C17H25N. The first-order chi connectivity index (χ1) is 8.21. The van der Waals surface area contributed by atoms with Gasteiger partial charge in [-0.15, -0.1) is 0 Å². The first kappa shape index (κ1) is 13.2. The molecule has 1 heteroatoms. The average molecular weight is 243 g/mol. The van der Waals surface area contributed by atoms with Crippen molar-refractivity contribution in [1.82, 2.24) is 5.32 Å². The van der Waals surface area contributed by atoms with Crippen molar-refractivity contribution >= 4 is 6.08 Å². The molecule has 1 N–H and O–H groups in total. The van der Waals surface area contributed by atoms with Crippen molar-refractivity contribution in [2.24, 2.45) is 0 Å². The van der Waals surface area contributed by atoms with Gasteiger partial charge in [-0.2, -0.15) is 0 Å². The molecule has 0 aromatic heterocycles. The maximum atomic E-state index is 3.35. The van der Waals surface area contributed by atoms with E-state index in [2.05, 4.69) is 65.1 Å². The van der Waals surface area contributed by atoms with Crippen LogP contribution in [0.1, 0.15) is 63.8 Å². The number of fused-ring (bicyclic) bond motifs is 1. The van der Waals surface area contributed by atoms with Crippen LogP contribution >= 0.6 is 0 Å². The third-order valence-corrected chi connectivity index (χ3v) is 3.57. The van der Waals surface area contributed by atoms with Gasteiger partial charge in [0.05, 0.1) is 0 Å². The summed E-state index contributed by atoms with van der Waals surface area (Å²) in [5.41, 5.74) is 6.21. The molecule has 1 aromatic carbocycles. The second-order valence-electron chi connectivity index (χ2n) is 7.27. The van der Waals surface area contributed by atoms with E-state index in [4.69, 9.17) is 0 Å². The molecule has 98 valence electrons. The highest BCUT2D eigenvalue weighted by Crippen LogP contribution is 2.38. The van der Waals surface area contributed by atoms with Crippen LogP contribution in [-0.2, 0) is 17.4 Å². The molecule has 0 saturated heterocycles. The third-order valence-electron chi connectivity index (χ3n) is 3.57. The number of hydrogen-bond donors (Lipinski definition) is 1. The predicted octanol–water partition coefficient (Wildman–Crippen LogP) is 4.36. The molecule has 0 fully saturated rings. The highest BCUT2D eigenvalue weighted by Gasteiger charge is 2.28. The van der Waals surface area contributed by atoms with Gasteiger partial charge in [-0.05, 0) is 45.4 Å². The van der Waals surface area contributed by atoms with Crippen LogP contribution in [0, 0.1) is 0 Å². The standard InChI is InChI=1S/C17H25N/c1-16(2,3)14-8-7-12-9-10-18-11-13(12)15(14)17(4,5)6/h7-10,18H,11H2,1-6H3. The number of nitrogens with one attached hydrogen (secondary N) is 1. The first-order valence-corrected chi connectivity index (χ1v) is 6.78. The second-order valence-corrected chi connectivity index (χ2v) is 7.27. The van der Waals surface area contributed by atoms with Gasteiger partial charge in [0.25, 0.3) is 0 Å². The molecular weight excluding hydrogens is 218 g/mol. The molecule has 0 aliphatic carbocycles. The van der Waals surface area contributed by atoms with Gasteiger partial charge in [-0.3, -0.25) is 0 Å². The molecule has 0 atom stereocenters. The molecule has 1 nitrogen and oxygen atoms in total. The molecule has 0 amide bonds. The van der Waals surface area contributed by atoms with Crippen molar-refractivity contribution in [1.29, 1.82) is 0 Å². The molecule has 0 radical (unpaired) electrons. The van der Waals surface area contributed by atoms with Crippen LogP contribution in [0.2, 0.25) is 0 Å². The Morgan fingerprint density at radius 2 is 1.61 bits per heavy atom. The lowest BCUT2D eigenvalue weighted by Crippen LogP contribution is -2.26. The zero-order chi connectivity index (χ0) is 13.6. The maximum Gasteiger partial charge on any atom is 0.0404 e. The van der Waals surface area contributed by atoms with Crippen molar-refractivity contribution in [2.75, 3.05) is 0 Å². The van der Waals surface area contributed by atoms with Crippen molar-refractivity contribution in [3.63, 3.8) is 0 Å². The Bertz CT molecular complexity index is 482. The van der Waals surface area contributed by atoms with Crippen molar-refractivity contribution in [2.45, 2.75) is 58.9 Å². The number of rotatable bonds is 0. The normalized spacial score (nSPS) is 15.2. The van der Waals surface area contributed by atoms with Gasteiger partial charge in [0.15, 0.2) is 0 Å². The second kappa shape index (κ2) is 4.15. The molecule has 1 aliphatic rings. The highest BCUT2D eigenvalue weighted by atomic mass is 14.8. The summed E-state index contributed by atoms with van der Waals surface area (Å²) in [4.78, 5) is 0. The van der Waals surface area contributed by atoms with E-state index < -0.39 is 0 Å². The zero-order valence-corrected chi connectivity index (χ0v) is 12.5. The Labute approximate surface area is 111 Å². The van der Waals surface area contributed by atoms with E-state index in [-0.39, 0.29) is 10.8 Å². The van der Waals surface area contributed by atoms with E-state index >= 15 is 0 Å². The van der Waals surface area contributed by atoms with E-state index in [0.29, 0.717) is 0 Å².